The van der Waals surface area contributed by atoms with E-state index in [1.165, 1.54) is 12.1 Å². The van der Waals surface area contributed by atoms with Gasteiger partial charge in [0.2, 0.25) is 0 Å². The molecule has 39 heavy (non-hydrogen) atoms. The summed E-state index contributed by atoms with van der Waals surface area (Å²) in [6, 6.07) is 14.0. The third-order valence-electron chi connectivity index (χ3n) is 8.16. The average Bonchev–Trinajstić information content (AvgIpc) is 3.33. The maximum absolute atomic E-state index is 14.0. The first kappa shape index (κ1) is 27.3. The van der Waals surface area contributed by atoms with Gasteiger partial charge in [0.1, 0.15) is 5.69 Å². The van der Waals surface area contributed by atoms with Gasteiger partial charge >= 0.3 is 6.18 Å². The molecule has 1 aliphatic carbocycles. The Kier molecular flexibility index (Phi) is 6.79. The van der Waals surface area contributed by atoms with Crippen LogP contribution < -0.4 is 20.7 Å². The van der Waals surface area contributed by atoms with Crippen LogP contribution in [0.4, 0.5) is 18.9 Å². The van der Waals surface area contributed by atoms with Crippen LogP contribution in [-0.4, -0.2) is 28.5 Å². The second-order valence-corrected chi connectivity index (χ2v) is 11.1. The number of nitrogens with one attached hydrogen (secondary N) is 1. The van der Waals surface area contributed by atoms with Crippen molar-refractivity contribution in [2.45, 2.75) is 70.3 Å². The zero-order valence-electron chi connectivity index (χ0n) is 22.4. The molecule has 3 aromatic rings. The maximum Gasteiger partial charge on any atom is 0.433 e. The van der Waals surface area contributed by atoms with Gasteiger partial charge in [-0.05, 0) is 48.9 Å². The summed E-state index contributed by atoms with van der Waals surface area (Å²) in [5, 5.41) is 29.1. The zero-order valence-corrected chi connectivity index (χ0v) is 22.4. The van der Waals surface area contributed by atoms with Crippen molar-refractivity contribution in [1.82, 2.24) is 9.78 Å². The number of aromatic nitrogens is 2. The molecule has 2 aromatic carbocycles. The van der Waals surface area contributed by atoms with Gasteiger partial charge in [-0.2, -0.15) is 13.2 Å². The minimum atomic E-state index is -4.93. The Labute approximate surface area is 225 Å². The highest BCUT2D eigenvalue weighted by Gasteiger charge is 2.48. The van der Waals surface area contributed by atoms with Crippen LogP contribution in [-0.2, 0) is 11.6 Å². The summed E-state index contributed by atoms with van der Waals surface area (Å²) in [4.78, 5) is 15.3. The Hall–Kier alpha value is -3.30. The van der Waals surface area contributed by atoms with E-state index in [9.17, 15) is 28.2 Å². The van der Waals surface area contributed by atoms with Crippen molar-refractivity contribution in [3.05, 3.63) is 93.0 Å². The smallest absolute Gasteiger partial charge is 0.433 e. The van der Waals surface area contributed by atoms with Crippen molar-refractivity contribution in [2.24, 2.45) is 5.92 Å². The molecule has 1 aromatic heterocycles. The van der Waals surface area contributed by atoms with Gasteiger partial charge in [-0.15, -0.1) is 12.2 Å². The first-order valence-electron chi connectivity index (χ1n) is 13.3. The molecule has 0 amide bonds. The lowest BCUT2D eigenvalue weighted by atomic mass is 9.64. The van der Waals surface area contributed by atoms with Crippen LogP contribution in [0.25, 0.3) is 5.69 Å². The molecule has 6 nitrogen and oxygen atoms in total. The standard InChI is InChI=1S/C30H32F3N3O3/c1-5-6-14-35-21-13-12-17(2)15-20(21)29(3,4)22(35)16-19-25(37)23(26(19)38)24-27(30(31,32)33)34-36(28(24)39)18-10-8-7-9-11-18/h7-13,15-16,19,23,25-26,34H,5-6,14H2,1-4H3/q-2. The molecule has 1 fully saturated rings. The van der Waals surface area contributed by atoms with Gasteiger partial charge in [-0.1, -0.05) is 69.2 Å². The third-order valence-corrected chi connectivity index (χ3v) is 8.16. The number of benzene rings is 2. The number of aromatic amines is 1. The van der Waals surface area contributed by atoms with Gasteiger partial charge in [0.15, 0.2) is 0 Å². The molecule has 0 spiro atoms. The number of para-hydroxylation sites is 1. The van der Waals surface area contributed by atoms with Crippen molar-refractivity contribution in [3.63, 3.8) is 0 Å². The molecule has 9 heteroatoms. The highest BCUT2D eigenvalue weighted by atomic mass is 19.4. The molecule has 1 N–H and O–H groups in total. The lowest BCUT2D eigenvalue weighted by molar-refractivity contribution is -0.543. The van der Waals surface area contributed by atoms with E-state index in [1.807, 2.05) is 32.9 Å². The third kappa shape index (κ3) is 4.41. The number of alkyl halides is 3. The van der Waals surface area contributed by atoms with E-state index in [-0.39, 0.29) is 5.69 Å². The van der Waals surface area contributed by atoms with Gasteiger partial charge in [0, 0.05) is 23.3 Å². The number of hydrogen-bond acceptors (Lipinski definition) is 4. The summed E-state index contributed by atoms with van der Waals surface area (Å²) in [6.07, 6.45) is -4.76. The molecule has 2 unspecified atom stereocenters. The Balaban J connectivity index is 1.54. The van der Waals surface area contributed by atoms with Crippen LogP contribution in [0.3, 0.4) is 0 Å². The summed E-state index contributed by atoms with van der Waals surface area (Å²) in [5.41, 5.74) is 0.583. The number of H-pyrrole nitrogens is 1. The van der Waals surface area contributed by atoms with Crippen molar-refractivity contribution >= 4 is 5.69 Å². The monoisotopic (exact) mass is 539 g/mol. The Bertz CT molecular complexity index is 1450. The second-order valence-electron chi connectivity index (χ2n) is 11.1. The number of hydrogen-bond donors (Lipinski definition) is 1. The van der Waals surface area contributed by atoms with Crippen LogP contribution in [0, 0.1) is 12.8 Å². The fourth-order valence-corrected chi connectivity index (χ4v) is 5.99. The van der Waals surface area contributed by atoms with Crippen molar-refractivity contribution in [2.75, 3.05) is 11.4 Å². The first-order valence-corrected chi connectivity index (χ1v) is 13.3. The van der Waals surface area contributed by atoms with Crippen LogP contribution in [0.2, 0.25) is 0 Å². The Morgan fingerprint density at radius 3 is 2.36 bits per heavy atom. The molecule has 0 bridgehead atoms. The van der Waals surface area contributed by atoms with Gasteiger partial charge in [-0.3, -0.25) is 9.89 Å². The molecule has 5 rings (SSSR count). The molecule has 1 aliphatic heterocycles. The molecule has 1 saturated carbocycles. The predicted molar refractivity (Wildman–Crippen MR) is 140 cm³/mol. The summed E-state index contributed by atoms with van der Waals surface area (Å²) >= 11 is 0. The highest BCUT2D eigenvalue weighted by molar-refractivity contribution is 5.71. The van der Waals surface area contributed by atoms with Crippen molar-refractivity contribution in [1.29, 1.82) is 0 Å². The van der Waals surface area contributed by atoms with Gasteiger partial charge in [0.05, 0.1) is 11.3 Å². The van der Waals surface area contributed by atoms with E-state index in [2.05, 4.69) is 23.0 Å². The lowest BCUT2D eigenvalue weighted by Crippen LogP contribution is -2.65. The Morgan fingerprint density at radius 1 is 1.08 bits per heavy atom. The van der Waals surface area contributed by atoms with E-state index >= 15 is 0 Å². The molecular formula is C30H32F3N3O3-2. The number of aryl methyl sites for hydroxylation is 1. The molecule has 2 atom stereocenters. The van der Waals surface area contributed by atoms with E-state index in [0.717, 1.165) is 40.0 Å². The van der Waals surface area contributed by atoms with E-state index in [0.29, 0.717) is 6.54 Å². The fraction of sp³-hybridized carbons (Fsp3) is 0.433. The average molecular weight is 540 g/mol. The summed E-state index contributed by atoms with van der Waals surface area (Å²) in [6.45, 7) is 8.85. The van der Waals surface area contributed by atoms with E-state index < -0.39 is 52.5 Å². The Morgan fingerprint density at radius 2 is 1.74 bits per heavy atom. The normalized spacial score (nSPS) is 25.2. The molecule has 0 saturated heterocycles. The quantitative estimate of drug-likeness (QED) is 0.510. The summed E-state index contributed by atoms with van der Waals surface area (Å²) < 4.78 is 42.8. The molecule has 2 heterocycles. The molecule has 0 radical (unpaired) electrons. The second kappa shape index (κ2) is 9.71. The van der Waals surface area contributed by atoms with Crippen molar-refractivity contribution < 1.29 is 23.4 Å². The SMILES string of the molecule is CCCCN1C(=CC2C([O-])C(c3c(C(F)(F)F)[nH]n(-c4ccccc4)c3=O)C2[O-])C(C)(C)c2cc(C)ccc21. The maximum atomic E-state index is 14.0. The van der Waals surface area contributed by atoms with Crippen molar-refractivity contribution in [3.8, 4) is 5.69 Å². The van der Waals surface area contributed by atoms with Gasteiger partial charge in [-0.25, -0.2) is 4.68 Å². The van der Waals surface area contributed by atoms with E-state index in [4.69, 9.17) is 0 Å². The van der Waals surface area contributed by atoms with Gasteiger partial charge in [0.25, 0.3) is 5.56 Å². The molecule has 208 valence electrons. The van der Waals surface area contributed by atoms with E-state index in [1.54, 1.807) is 24.3 Å². The molecular weight excluding hydrogens is 507 g/mol. The highest BCUT2D eigenvalue weighted by Crippen LogP contribution is 2.51. The lowest BCUT2D eigenvalue weighted by Gasteiger charge is -2.60. The van der Waals surface area contributed by atoms with Crippen LogP contribution >= 0.6 is 0 Å². The summed E-state index contributed by atoms with van der Waals surface area (Å²) in [7, 11) is 0. The number of allylic oxidation sites excluding steroid dienone is 1. The van der Waals surface area contributed by atoms with Crippen LogP contribution in [0.5, 0.6) is 0 Å². The first-order chi connectivity index (χ1) is 18.4. The fourth-order valence-electron chi connectivity index (χ4n) is 5.99. The number of fused-ring (bicyclic) bond motifs is 1. The number of halogens is 3. The van der Waals surface area contributed by atoms with Crippen LogP contribution in [0.1, 0.15) is 61.9 Å². The largest absolute Gasteiger partial charge is 0.851 e. The van der Waals surface area contributed by atoms with Crippen LogP contribution in [0.15, 0.2) is 65.1 Å². The predicted octanol–water partition coefficient (Wildman–Crippen LogP) is 4.15. The minimum absolute atomic E-state index is 0.189. The number of unbranched alkanes of at least 4 members (excludes halogenated alkanes) is 1. The minimum Gasteiger partial charge on any atom is -0.851 e. The zero-order chi connectivity index (χ0) is 28.3. The van der Waals surface area contributed by atoms with Gasteiger partial charge < -0.3 is 15.1 Å². The number of nitrogens with zero attached hydrogens (tertiary/aromatic N) is 2. The summed E-state index contributed by atoms with van der Waals surface area (Å²) in [5.74, 6) is -2.65. The molecule has 2 aliphatic rings. The number of rotatable bonds is 6. The number of anilines is 1. The topological polar surface area (TPSA) is 87.2 Å².